The Morgan fingerprint density at radius 3 is 2.94 bits per heavy atom. The van der Waals surface area contributed by atoms with Gasteiger partial charge in [0.1, 0.15) is 12.3 Å². The molecule has 2 rings (SSSR count). The number of carbonyl (C=O) groups is 2. The molecule has 0 saturated carbocycles. The predicted molar refractivity (Wildman–Crippen MR) is 59.9 cm³/mol. The molecular weight excluding hydrogens is 222 g/mol. The molecule has 0 fully saturated rings. The Morgan fingerprint density at radius 2 is 2.18 bits per heavy atom. The molecule has 0 saturated heterocycles. The minimum atomic E-state index is -1.04. The van der Waals surface area contributed by atoms with Crippen LogP contribution in [0.5, 0.6) is 5.75 Å². The van der Waals surface area contributed by atoms with Crippen LogP contribution < -0.4 is 10.1 Å². The Bertz CT molecular complexity index is 444. The standard InChI is InChI=1S/C12H13NO4/c14-11(15)7-13-12(16)9-5-6-17-10-4-2-1-3-8(9)10/h1-4,9H,5-7H2,(H,13,16)(H,14,15)/t9-/m0/s1. The predicted octanol–water partition coefficient (Wildman–Crippen LogP) is 0.753. The Kier molecular flexibility index (Phi) is 3.27. The molecule has 0 radical (unpaired) electrons. The van der Waals surface area contributed by atoms with Gasteiger partial charge in [-0.05, 0) is 12.5 Å². The molecule has 1 aliphatic rings. The number of nitrogens with one attached hydrogen (secondary N) is 1. The number of aliphatic carboxylic acids is 1. The van der Waals surface area contributed by atoms with Crippen LogP contribution in [0.1, 0.15) is 17.9 Å². The lowest BCUT2D eigenvalue weighted by atomic mass is 9.92. The fraction of sp³-hybridized carbons (Fsp3) is 0.333. The molecule has 0 unspecified atom stereocenters. The Morgan fingerprint density at radius 1 is 1.41 bits per heavy atom. The minimum absolute atomic E-state index is 0.261. The summed E-state index contributed by atoms with van der Waals surface area (Å²) in [5.74, 6) is -0.921. The summed E-state index contributed by atoms with van der Waals surface area (Å²) in [5.41, 5.74) is 0.821. The van der Waals surface area contributed by atoms with E-state index in [0.717, 1.165) is 5.56 Å². The van der Waals surface area contributed by atoms with E-state index in [0.29, 0.717) is 18.8 Å². The number of fused-ring (bicyclic) bond motifs is 1. The maximum atomic E-state index is 11.8. The van der Waals surface area contributed by atoms with Crippen molar-refractivity contribution < 1.29 is 19.4 Å². The second kappa shape index (κ2) is 4.86. The molecule has 0 spiro atoms. The number of amides is 1. The highest BCUT2D eigenvalue weighted by molar-refractivity contribution is 5.87. The normalized spacial score (nSPS) is 17.8. The third-order valence-electron chi connectivity index (χ3n) is 2.69. The average molecular weight is 235 g/mol. The average Bonchev–Trinajstić information content (AvgIpc) is 2.35. The van der Waals surface area contributed by atoms with E-state index in [1.807, 2.05) is 24.3 Å². The number of carboxylic acid groups (broad SMARTS) is 1. The molecule has 17 heavy (non-hydrogen) atoms. The summed E-state index contributed by atoms with van der Waals surface area (Å²) < 4.78 is 5.43. The molecule has 1 amide bonds. The van der Waals surface area contributed by atoms with Gasteiger partial charge >= 0.3 is 5.97 Å². The van der Waals surface area contributed by atoms with Gasteiger partial charge in [-0.2, -0.15) is 0 Å². The van der Waals surface area contributed by atoms with Crippen molar-refractivity contribution in [2.24, 2.45) is 0 Å². The van der Waals surface area contributed by atoms with Crippen molar-refractivity contribution in [2.45, 2.75) is 12.3 Å². The second-order valence-corrected chi connectivity index (χ2v) is 3.84. The molecule has 1 aliphatic heterocycles. The van der Waals surface area contributed by atoms with Crippen molar-refractivity contribution in [2.75, 3.05) is 13.2 Å². The van der Waals surface area contributed by atoms with E-state index >= 15 is 0 Å². The molecule has 5 heteroatoms. The highest BCUT2D eigenvalue weighted by Gasteiger charge is 2.27. The van der Waals surface area contributed by atoms with E-state index in [9.17, 15) is 9.59 Å². The van der Waals surface area contributed by atoms with Gasteiger partial charge in [0.15, 0.2) is 0 Å². The van der Waals surface area contributed by atoms with Crippen LogP contribution in [0.25, 0.3) is 0 Å². The summed E-state index contributed by atoms with van der Waals surface area (Å²) in [4.78, 5) is 22.2. The maximum absolute atomic E-state index is 11.8. The SMILES string of the molecule is O=C(O)CNC(=O)[C@H]1CCOc2ccccc21. The van der Waals surface area contributed by atoms with Crippen LogP contribution in [0, 0.1) is 0 Å². The van der Waals surface area contributed by atoms with E-state index in [2.05, 4.69) is 5.32 Å². The molecule has 0 bridgehead atoms. The highest BCUT2D eigenvalue weighted by Crippen LogP contribution is 2.33. The minimum Gasteiger partial charge on any atom is -0.493 e. The van der Waals surface area contributed by atoms with Crippen LogP contribution in [-0.4, -0.2) is 30.1 Å². The van der Waals surface area contributed by atoms with Gasteiger partial charge in [-0.3, -0.25) is 9.59 Å². The van der Waals surface area contributed by atoms with E-state index < -0.39 is 5.97 Å². The molecule has 1 aromatic carbocycles. The highest BCUT2D eigenvalue weighted by atomic mass is 16.5. The first-order chi connectivity index (χ1) is 8.18. The smallest absolute Gasteiger partial charge is 0.322 e. The Balaban J connectivity index is 2.12. The molecule has 1 atom stereocenters. The maximum Gasteiger partial charge on any atom is 0.322 e. The van der Waals surface area contributed by atoms with Gasteiger partial charge in [0.2, 0.25) is 5.91 Å². The van der Waals surface area contributed by atoms with Crippen molar-refractivity contribution in [3.63, 3.8) is 0 Å². The molecule has 90 valence electrons. The van der Waals surface area contributed by atoms with Gasteiger partial charge in [-0.1, -0.05) is 18.2 Å². The van der Waals surface area contributed by atoms with Gasteiger partial charge < -0.3 is 15.2 Å². The summed E-state index contributed by atoms with van der Waals surface area (Å²) >= 11 is 0. The Labute approximate surface area is 98.4 Å². The number of carbonyl (C=O) groups excluding carboxylic acids is 1. The third kappa shape index (κ3) is 2.55. The first-order valence-corrected chi connectivity index (χ1v) is 5.39. The third-order valence-corrected chi connectivity index (χ3v) is 2.69. The lowest BCUT2D eigenvalue weighted by Crippen LogP contribution is -2.35. The van der Waals surface area contributed by atoms with Crippen molar-refractivity contribution in [1.82, 2.24) is 5.32 Å². The van der Waals surface area contributed by atoms with Crippen LogP contribution in [0.2, 0.25) is 0 Å². The van der Waals surface area contributed by atoms with Crippen LogP contribution >= 0.6 is 0 Å². The molecule has 1 heterocycles. The Hall–Kier alpha value is -2.04. The summed E-state index contributed by atoms with van der Waals surface area (Å²) in [6.45, 7) is 0.126. The van der Waals surface area contributed by atoms with Gasteiger partial charge in [0.25, 0.3) is 0 Å². The van der Waals surface area contributed by atoms with Crippen LogP contribution in [0.3, 0.4) is 0 Å². The first kappa shape index (κ1) is 11.4. The molecule has 0 aliphatic carbocycles. The van der Waals surface area contributed by atoms with Gasteiger partial charge in [0, 0.05) is 5.56 Å². The van der Waals surface area contributed by atoms with E-state index in [1.165, 1.54) is 0 Å². The van der Waals surface area contributed by atoms with Crippen molar-refractivity contribution in [3.05, 3.63) is 29.8 Å². The fourth-order valence-electron chi connectivity index (χ4n) is 1.90. The number of ether oxygens (including phenoxy) is 1. The van der Waals surface area contributed by atoms with Crippen LogP contribution in [0.15, 0.2) is 24.3 Å². The zero-order valence-electron chi connectivity index (χ0n) is 9.18. The number of rotatable bonds is 3. The van der Waals surface area contributed by atoms with Crippen molar-refractivity contribution >= 4 is 11.9 Å². The van der Waals surface area contributed by atoms with Gasteiger partial charge in [0.05, 0.1) is 12.5 Å². The van der Waals surface area contributed by atoms with Gasteiger partial charge in [-0.15, -0.1) is 0 Å². The molecular formula is C12H13NO4. The van der Waals surface area contributed by atoms with E-state index in [1.54, 1.807) is 0 Å². The van der Waals surface area contributed by atoms with Crippen LogP contribution in [0.4, 0.5) is 0 Å². The van der Waals surface area contributed by atoms with Crippen molar-refractivity contribution in [1.29, 1.82) is 0 Å². The lowest BCUT2D eigenvalue weighted by Gasteiger charge is -2.24. The summed E-state index contributed by atoms with van der Waals surface area (Å²) in [5, 5.41) is 10.9. The van der Waals surface area contributed by atoms with Crippen molar-refractivity contribution in [3.8, 4) is 5.75 Å². The number of hydrogen-bond donors (Lipinski definition) is 2. The van der Waals surface area contributed by atoms with E-state index in [4.69, 9.17) is 9.84 Å². The quantitative estimate of drug-likeness (QED) is 0.810. The fourth-order valence-corrected chi connectivity index (χ4v) is 1.90. The number of carboxylic acids is 1. The molecule has 1 aromatic rings. The summed E-state index contributed by atoms with van der Waals surface area (Å²) in [6.07, 6.45) is 0.572. The first-order valence-electron chi connectivity index (χ1n) is 5.39. The van der Waals surface area contributed by atoms with Crippen LogP contribution in [-0.2, 0) is 9.59 Å². The topological polar surface area (TPSA) is 75.6 Å². The second-order valence-electron chi connectivity index (χ2n) is 3.84. The molecule has 2 N–H and O–H groups in total. The monoisotopic (exact) mass is 235 g/mol. The lowest BCUT2D eigenvalue weighted by molar-refractivity contribution is -0.138. The molecule has 5 nitrogen and oxygen atoms in total. The number of benzene rings is 1. The largest absolute Gasteiger partial charge is 0.493 e. The van der Waals surface area contributed by atoms with E-state index in [-0.39, 0.29) is 18.4 Å². The summed E-state index contributed by atoms with van der Waals surface area (Å²) in [6, 6.07) is 7.33. The van der Waals surface area contributed by atoms with Gasteiger partial charge in [-0.25, -0.2) is 0 Å². The number of para-hydroxylation sites is 1. The molecule has 0 aromatic heterocycles. The zero-order valence-corrected chi connectivity index (χ0v) is 9.18. The summed E-state index contributed by atoms with van der Waals surface area (Å²) in [7, 11) is 0. The zero-order chi connectivity index (χ0) is 12.3. The number of hydrogen-bond acceptors (Lipinski definition) is 3.